The van der Waals surface area contributed by atoms with E-state index in [-0.39, 0.29) is 11.7 Å². The summed E-state index contributed by atoms with van der Waals surface area (Å²) >= 11 is 1.34. The lowest BCUT2D eigenvalue weighted by Crippen LogP contribution is -2.27. The van der Waals surface area contributed by atoms with E-state index in [0.717, 1.165) is 29.8 Å². The molecule has 180 valence electrons. The fraction of sp³-hybridized carbons (Fsp3) is 0.375. The second kappa shape index (κ2) is 10.7. The summed E-state index contributed by atoms with van der Waals surface area (Å²) in [5, 5.41) is 12.5. The third kappa shape index (κ3) is 5.22. The Morgan fingerprint density at radius 1 is 1.06 bits per heavy atom. The van der Waals surface area contributed by atoms with Gasteiger partial charge in [0.1, 0.15) is 5.75 Å². The molecule has 34 heavy (non-hydrogen) atoms. The quantitative estimate of drug-likeness (QED) is 0.411. The fourth-order valence-electron chi connectivity index (χ4n) is 3.48. The standard InChI is InChI=1S/C24H28N4O5S/c1-5-33-18-10-8-17(9-11-18)28-23(15-12-19(30-2)22(32-4)20(13-15)31-3)26-27-24(28)34-14-21(29)25-16-6-7-16/h8-13,16H,5-7,14H2,1-4H3,(H,25,29). The van der Waals surface area contributed by atoms with Gasteiger partial charge in [0.15, 0.2) is 22.5 Å². The molecule has 1 saturated carbocycles. The maximum absolute atomic E-state index is 12.3. The summed E-state index contributed by atoms with van der Waals surface area (Å²) in [4.78, 5) is 12.3. The van der Waals surface area contributed by atoms with Crippen LogP contribution in [-0.2, 0) is 4.79 Å². The van der Waals surface area contributed by atoms with E-state index >= 15 is 0 Å². The largest absolute Gasteiger partial charge is 0.494 e. The van der Waals surface area contributed by atoms with Crippen molar-refractivity contribution in [3.05, 3.63) is 36.4 Å². The van der Waals surface area contributed by atoms with E-state index in [1.54, 1.807) is 21.3 Å². The lowest BCUT2D eigenvalue weighted by atomic mass is 10.1. The molecule has 4 rings (SSSR count). The van der Waals surface area contributed by atoms with Gasteiger partial charge in [0, 0.05) is 17.3 Å². The number of nitrogens with zero attached hydrogens (tertiary/aromatic N) is 3. The van der Waals surface area contributed by atoms with Crippen molar-refractivity contribution in [1.82, 2.24) is 20.1 Å². The molecular formula is C24H28N4O5S. The first kappa shape index (κ1) is 23.7. The van der Waals surface area contributed by atoms with Gasteiger partial charge < -0.3 is 24.3 Å². The fourth-order valence-corrected chi connectivity index (χ4v) is 4.24. The maximum atomic E-state index is 12.3. The van der Waals surface area contributed by atoms with Gasteiger partial charge in [0.2, 0.25) is 11.7 Å². The minimum absolute atomic E-state index is 0.0110. The number of thioether (sulfide) groups is 1. The van der Waals surface area contributed by atoms with Gasteiger partial charge in [-0.3, -0.25) is 9.36 Å². The van der Waals surface area contributed by atoms with E-state index in [2.05, 4.69) is 15.5 Å². The van der Waals surface area contributed by atoms with Crippen LogP contribution in [0.5, 0.6) is 23.0 Å². The molecule has 0 unspecified atom stereocenters. The molecule has 1 heterocycles. The molecule has 0 saturated heterocycles. The maximum Gasteiger partial charge on any atom is 0.230 e. The predicted octanol–water partition coefficient (Wildman–Crippen LogP) is 3.73. The Balaban J connectivity index is 1.74. The summed E-state index contributed by atoms with van der Waals surface area (Å²) in [6.45, 7) is 2.53. The van der Waals surface area contributed by atoms with Crippen LogP contribution in [0.3, 0.4) is 0 Å². The topological polar surface area (TPSA) is 96.7 Å². The molecule has 0 bridgehead atoms. The number of carbonyl (C=O) groups is 1. The molecule has 0 spiro atoms. The van der Waals surface area contributed by atoms with Crippen molar-refractivity contribution in [1.29, 1.82) is 0 Å². The van der Waals surface area contributed by atoms with Crippen LogP contribution in [0.25, 0.3) is 17.1 Å². The Kier molecular flexibility index (Phi) is 7.46. The Morgan fingerprint density at radius 2 is 1.74 bits per heavy atom. The van der Waals surface area contributed by atoms with Crippen molar-refractivity contribution in [2.75, 3.05) is 33.7 Å². The third-order valence-corrected chi connectivity index (χ3v) is 6.17. The summed E-state index contributed by atoms with van der Waals surface area (Å²) in [6.07, 6.45) is 2.09. The first-order valence-electron chi connectivity index (χ1n) is 11.0. The summed E-state index contributed by atoms with van der Waals surface area (Å²) in [6, 6.07) is 11.6. The van der Waals surface area contributed by atoms with Crippen LogP contribution >= 0.6 is 11.8 Å². The zero-order valence-electron chi connectivity index (χ0n) is 19.7. The SMILES string of the molecule is CCOc1ccc(-n2c(SCC(=O)NC3CC3)nnc2-c2cc(OC)c(OC)c(OC)c2)cc1. The Hall–Kier alpha value is -3.40. The van der Waals surface area contributed by atoms with Crippen LogP contribution in [0, 0.1) is 0 Å². The van der Waals surface area contributed by atoms with E-state index in [1.807, 2.05) is 47.9 Å². The van der Waals surface area contributed by atoms with Gasteiger partial charge in [-0.2, -0.15) is 0 Å². The molecule has 0 aliphatic heterocycles. The van der Waals surface area contributed by atoms with Crippen LogP contribution in [0.1, 0.15) is 19.8 Å². The zero-order valence-corrected chi connectivity index (χ0v) is 20.5. The minimum atomic E-state index is -0.0110. The van der Waals surface area contributed by atoms with E-state index in [9.17, 15) is 4.79 Å². The molecule has 2 aromatic carbocycles. The van der Waals surface area contributed by atoms with Crippen molar-refractivity contribution in [3.63, 3.8) is 0 Å². The Bertz CT molecular complexity index is 1120. The van der Waals surface area contributed by atoms with Gasteiger partial charge in [-0.25, -0.2) is 0 Å². The number of rotatable bonds is 11. The monoisotopic (exact) mass is 484 g/mol. The number of aromatic nitrogens is 3. The van der Waals surface area contributed by atoms with Gasteiger partial charge in [0.05, 0.1) is 33.7 Å². The summed E-state index contributed by atoms with van der Waals surface area (Å²) < 4.78 is 24.0. The summed E-state index contributed by atoms with van der Waals surface area (Å²) in [5.41, 5.74) is 1.56. The summed E-state index contributed by atoms with van der Waals surface area (Å²) in [7, 11) is 4.69. The second-order valence-electron chi connectivity index (χ2n) is 7.61. The average Bonchev–Trinajstić information content (AvgIpc) is 3.57. The number of nitrogens with one attached hydrogen (secondary N) is 1. The highest BCUT2D eigenvalue weighted by molar-refractivity contribution is 7.99. The van der Waals surface area contributed by atoms with Crippen LogP contribution in [0.2, 0.25) is 0 Å². The second-order valence-corrected chi connectivity index (χ2v) is 8.56. The van der Waals surface area contributed by atoms with Crippen molar-refractivity contribution in [2.45, 2.75) is 31.0 Å². The van der Waals surface area contributed by atoms with E-state index < -0.39 is 0 Å². The van der Waals surface area contributed by atoms with E-state index in [0.29, 0.717) is 40.9 Å². The molecule has 10 heteroatoms. The Morgan fingerprint density at radius 3 is 2.29 bits per heavy atom. The number of amides is 1. The van der Waals surface area contributed by atoms with Crippen molar-refractivity contribution >= 4 is 17.7 Å². The van der Waals surface area contributed by atoms with Gasteiger partial charge >= 0.3 is 0 Å². The highest BCUT2D eigenvalue weighted by atomic mass is 32.2. The molecule has 1 N–H and O–H groups in total. The van der Waals surface area contributed by atoms with Crippen LogP contribution in [0.15, 0.2) is 41.6 Å². The number of carbonyl (C=O) groups excluding carboxylic acids is 1. The van der Waals surface area contributed by atoms with Gasteiger partial charge in [-0.05, 0) is 56.2 Å². The first-order valence-corrected chi connectivity index (χ1v) is 12.0. The molecule has 0 radical (unpaired) electrons. The third-order valence-electron chi connectivity index (χ3n) is 5.24. The minimum Gasteiger partial charge on any atom is -0.494 e. The zero-order chi connectivity index (χ0) is 24.1. The van der Waals surface area contributed by atoms with Crippen molar-refractivity contribution < 1.29 is 23.7 Å². The van der Waals surface area contributed by atoms with Gasteiger partial charge in [-0.1, -0.05) is 11.8 Å². The Labute approximate surface area is 202 Å². The van der Waals surface area contributed by atoms with Crippen molar-refractivity contribution in [3.8, 4) is 40.1 Å². The van der Waals surface area contributed by atoms with Gasteiger partial charge in [-0.15, -0.1) is 10.2 Å². The molecule has 9 nitrogen and oxygen atoms in total. The van der Waals surface area contributed by atoms with Crippen LogP contribution in [0.4, 0.5) is 0 Å². The van der Waals surface area contributed by atoms with E-state index in [4.69, 9.17) is 18.9 Å². The number of methoxy groups -OCH3 is 3. The number of benzene rings is 2. The van der Waals surface area contributed by atoms with E-state index in [1.165, 1.54) is 11.8 Å². The molecular weight excluding hydrogens is 456 g/mol. The first-order chi connectivity index (χ1) is 16.6. The molecule has 3 aromatic rings. The van der Waals surface area contributed by atoms with Gasteiger partial charge in [0.25, 0.3) is 0 Å². The molecule has 1 fully saturated rings. The number of hydrogen-bond donors (Lipinski definition) is 1. The predicted molar refractivity (Wildman–Crippen MR) is 130 cm³/mol. The highest BCUT2D eigenvalue weighted by Crippen LogP contribution is 2.41. The molecule has 0 atom stereocenters. The lowest BCUT2D eigenvalue weighted by Gasteiger charge is -2.15. The molecule has 1 aromatic heterocycles. The normalized spacial score (nSPS) is 12.8. The highest BCUT2D eigenvalue weighted by Gasteiger charge is 2.25. The molecule has 1 aliphatic rings. The van der Waals surface area contributed by atoms with Crippen molar-refractivity contribution in [2.24, 2.45) is 0 Å². The lowest BCUT2D eigenvalue weighted by molar-refractivity contribution is -0.118. The summed E-state index contributed by atoms with van der Waals surface area (Å²) in [5.74, 6) is 3.10. The molecule has 1 aliphatic carbocycles. The average molecular weight is 485 g/mol. The number of ether oxygens (including phenoxy) is 4. The molecule has 1 amide bonds. The van der Waals surface area contributed by atoms with Crippen LogP contribution in [-0.4, -0.2) is 60.4 Å². The smallest absolute Gasteiger partial charge is 0.230 e. The van der Waals surface area contributed by atoms with Crippen LogP contribution < -0.4 is 24.3 Å². The number of hydrogen-bond acceptors (Lipinski definition) is 8.